The Bertz CT molecular complexity index is 347. The maximum absolute atomic E-state index is 10.9. The molecule has 1 rings (SSSR count). The predicted octanol–water partition coefficient (Wildman–Crippen LogP) is 1.71. The maximum atomic E-state index is 10.9. The van der Waals surface area contributed by atoms with Gasteiger partial charge in [0.1, 0.15) is 5.56 Å². The van der Waals surface area contributed by atoms with Crippen molar-refractivity contribution in [2.45, 2.75) is 27.2 Å². The highest BCUT2D eigenvalue weighted by atomic mass is 16.4. The van der Waals surface area contributed by atoms with Crippen molar-refractivity contribution < 1.29 is 9.90 Å². The first-order valence-electron chi connectivity index (χ1n) is 4.55. The summed E-state index contributed by atoms with van der Waals surface area (Å²) in [6, 6.07) is 0. The molecule has 0 fully saturated rings. The summed E-state index contributed by atoms with van der Waals surface area (Å²) in [6.45, 7) is 6.23. The fourth-order valence-electron chi connectivity index (χ4n) is 1.35. The van der Waals surface area contributed by atoms with Crippen LogP contribution < -0.4 is 0 Å². The number of hydrogen-bond acceptors (Lipinski definition) is 2. The second-order valence-electron chi connectivity index (χ2n) is 4.67. The van der Waals surface area contributed by atoms with E-state index >= 15 is 0 Å². The summed E-state index contributed by atoms with van der Waals surface area (Å²) < 4.78 is 1.63. The predicted molar refractivity (Wildman–Crippen MR) is 53.3 cm³/mol. The van der Waals surface area contributed by atoms with Gasteiger partial charge in [0.25, 0.3) is 0 Å². The van der Waals surface area contributed by atoms with Crippen molar-refractivity contribution in [1.82, 2.24) is 9.78 Å². The van der Waals surface area contributed by atoms with Crippen molar-refractivity contribution in [2.75, 3.05) is 0 Å². The molecule has 0 amide bonds. The lowest BCUT2D eigenvalue weighted by Crippen LogP contribution is -2.15. The molecule has 0 radical (unpaired) electrons. The molecule has 0 aliphatic heterocycles. The molecule has 1 heterocycles. The topological polar surface area (TPSA) is 55.1 Å². The smallest absolute Gasteiger partial charge is 0.339 e. The molecule has 0 atom stereocenters. The standard InChI is InChI=1S/C10H16N2O2/c1-10(2,3)5-8-7(9(13)14)6-11-12(8)4/h6H,5H2,1-4H3,(H,13,14). The van der Waals surface area contributed by atoms with Crippen LogP contribution in [0.5, 0.6) is 0 Å². The van der Waals surface area contributed by atoms with Crippen LogP contribution in [-0.2, 0) is 13.5 Å². The third kappa shape index (κ3) is 2.34. The number of carboxylic acid groups (broad SMARTS) is 1. The Morgan fingerprint density at radius 1 is 1.57 bits per heavy atom. The molecule has 78 valence electrons. The minimum atomic E-state index is -0.905. The van der Waals surface area contributed by atoms with Gasteiger partial charge in [-0.15, -0.1) is 0 Å². The van der Waals surface area contributed by atoms with E-state index < -0.39 is 5.97 Å². The Morgan fingerprint density at radius 2 is 2.14 bits per heavy atom. The molecule has 0 unspecified atom stereocenters. The summed E-state index contributed by atoms with van der Waals surface area (Å²) in [6.07, 6.45) is 2.12. The van der Waals surface area contributed by atoms with Crippen molar-refractivity contribution in [3.8, 4) is 0 Å². The molecular weight excluding hydrogens is 180 g/mol. The number of nitrogens with zero attached hydrogens (tertiary/aromatic N) is 2. The van der Waals surface area contributed by atoms with Crippen LogP contribution >= 0.6 is 0 Å². The van der Waals surface area contributed by atoms with Crippen LogP contribution in [0.2, 0.25) is 0 Å². The average molecular weight is 196 g/mol. The zero-order valence-electron chi connectivity index (χ0n) is 9.03. The molecule has 1 aromatic rings. The minimum absolute atomic E-state index is 0.0675. The lowest BCUT2D eigenvalue weighted by atomic mass is 9.89. The van der Waals surface area contributed by atoms with Crippen molar-refractivity contribution in [2.24, 2.45) is 12.5 Å². The summed E-state index contributed by atoms with van der Waals surface area (Å²) in [7, 11) is 1.77. The largest absolute Gasteiger partial charge is 0.478 e. The van der Waals surface area contributed by atoms with E-state index in [9.17, 15) is 4.79 Å². The highest BCUT2D eigenvalue weighted by Gasteiger charge is 2.20. The number of aromatic carboxylic acids is 1. The number of rotatable bonds is 2. The lowest BCUT2D eigenvalue weighted by Gasteiger charge is -2.18. The molecule has 0 bridgehead atoms. The van der Waals surface area contributed by atoms with Crippen molar-refractivity contribution >= 4 is 5.97 Å². The highest BCUT2D eigenvalue weighted by Crippen LogP contribution is 2.22. The SMILES string of the molecule is Cn1ncc(C(=O)O)c1CC(C)(C)C. The van der Waals surface area contributed by atoms with Crippen LogP contribution in [0.25, 0.3) is 0 Å². The summed E-state index contributed by atoms with van der Waals surface area (Å²) in [4.78, 5) is 10.9. The van der Waals surface area contributed by atoms with Crippen LogP contribution in [0.4, 0.5) is 0 Å². The van der Waals surface area contributed by atoms with Crippen LogP contribution in [-0.4, -0.2) is 20.9 Å². The first-order chi connectivity index (χ1) is 6.31. The van der Waals surface area contributed by atoms with Crippen LogP contribution in [0, 0.1) is 5.41 Å². The third-order valence-corrected chi connectivity index (χ3v) is 1.99. The normalized spacial score (nSPS) is 11.7. The van der Waals surface area contributed by atoms with Crippen molar-refractivity contribution in [3.63, 3.8) is 0 Å². The molecule has 4 nitrogen and oxygen atoms in total. The van der Waals surface area contributed by atoms with Gasteiger partial charge in [0.2, 0.25) is 0 Å². The molecule has 0 aliphatic rings. The van der Waals surface area contributed by atoms with Gasteiger partial charge in [-0.05, 0) is 11.8 Å². The Morgan fingerprint density at radius 3 is 2.57 bits per heavy atom. The summed E-state index contributed by atoms with van der Waals surface area (Å²) in [5, 5.41) is 12.9. The van der Waals surface area contributed by atoms with E-state index in [2.05, 4.69) is 25.9 Å². The molecule has 4 heteroatoms. The van der Waals surface area contributed by atoms with Crippen LogP contribution in [0.3, 0.4) is 0 Å². The molecule has 0 aliphatic carbocycles. The molecule has 0 aromatic carbocycles. The Hall–Kier alpha value is -1.32. The molecule has 0 saturated heterocycles. The Balaban J connectivity index is 3.06. The molecule has 14 heavy (non-hydrogen) atoms. The molecule has 1 aromatic heterocycles. The number of aryl methyl sites for hydroxylation is 1. The van der Waals surface area contributed by atoms with Gasteiger partial charge in [0, 0.05) is 7.05 Å². The molecule has 0 spiro atoms. The molecular formula is C10H16N2O2. The van der Waals surface area contributed by atoms with Crippen molar-refractivity contribution in [1.29, 1.82) is 0 Å². The summed E-state index contributed by atoms with van der Waals surface area (Å²) in [5.74, 6) is -0.905. The zero-order valence-corrected chi connectivity index (χ0v) is 9.03. The second-order valence-corrected chi connectivity index (χ2v) is 4.67. The summed E-state index contributed by atoms with van der Waals surface area (Å²) >= 11 is 0. The van der Waals surface area contributed by atoms with Crippen LogP contribution in [0.1, 0.15) is 36.8 Å². The average Bonchev–Trinajstić information content (AvgIpc) is 2.29. The Kier molecular flexibility index (Phi) is 2.64. The lowest BCUT2D eigenvalue weighted by molar-refractivity contribution is 0.0695. The second kappa shape index (κ2) is 3.44. The van der Waals surface area contributed by atoms with E-state index in [0.29, 0.717) is 12.0 Å². The third-order valence-electron chi connectivity index (χ3n) is 1.99. The molecule has 0 saturated carbocycles. The first kappa shape index (κ1) is 10.8. The van der Waals surface area contributed by atoms with Gasteiger partial charge in [0.15, 0.2) is 0 Å². The van der Waals surface area contributed by atoms with E-state index in [1.54, 1.807) is 11.7 Å². The van der Waals surface area contributed by atoms with E-state index in [4.69, 9.17) is 5.11 Å². The summed E-state index contributed by atoms with van der Waals surface area (Å²) in [5.41, 5.74) is 1.16. The van der Waals surface area contributed by atoms with Crippen molar-refractivity contribution in [3.05, 3.63) is 17.5 Å². The maximum Gasteiger partial charge on any atom is 0.339 e. The zero-order chi connectivity index (χ0) is 10.9. The van der Waals surface area contributed by atoms with Gasteiger partial charge in [-0.25, -0.2) is 4.79 Å². The van der Waals surface area contributed by atoms with Gasteiger partial charge < -0.3 is 5.11 Å². The Labute approximate surface area is 83.5 Å². The van der Waals surface area contributed by atoms with E-state index in [0.717, 1.165) is 5.69 Å². The minimum Gasteiger partial charge on any atom is -0.478 e. The molecule has 1 N–H and O–H groups in total. The van der Waals surface area contributed by atoms with Gasteiger partial charge in [-0.1, -0.05) is 20.8 Å². The van der Waals surface area contributed by atoms with E-state index in [1.807, 2.05) is 0 Å². The highest BCUT2D eigenvalue weighted by molar-refractivity contribution is 5.88. The fourth-order valence-corrected chi connectivity index (χ4v) is 1.35. The van der Waals surface area contributed by atoms with Crippen LogP contribution in [0.15, 0.2) is 6.20 Å². The number of hydrogen-bond donors (Lipinski definition) is 1. The monoisotopic (exact) mass is 196 g/mol. The van der Waals surface area contributed by atoms with Gasteiger partial charge in [0.05, 0.1) is 11.9 Å². The quantitative estimate of drug-likeness (QED) is 0.783. The number of aromatic nitrogens is 2. The van der Waals surface area contributed by atoms with E-state index in [-0.39, 0.29) is 5.41 Å². The number of carbonyl (C=O) groups is 1. The number of carboxylic acids is 1. The van der Waals surface area contributed by atoms with E-state index in [1.165, 1.54) is 6.20 Å². The van der Waals surface area contributed by atoms with Gasteiger partial charge >= 0.3 is 5.97 Å². The fraction of sp³-hybridized carbons (Fsp3) is 0.600. The van der Waals surface area contributed by atoms with Gasteiger partial charge in [-0.3, -0.25) is 4.68 Å². The first-order valence-corrected chi connectivity index (χ1v) is 4.55. The van der Waals surface area contributed by atoms with Gasteiger partial charge in [-0.2, -0.15) is 5.10 Å².